The van der Waals surface area contributed by atoms with Gasteiger partial charge in [0.25, 0.3) is 0 Å². The molecule has 0 aliphatic heterocycles. The summed E-state index contributed by atoms with van der Waals surface area (Å²) < 4.78 is 2.30. The Morgan fingerprint density at radius 2 is 2.05 bits per heavy atom. The fourth-order valence-electron chi connectivity index (χ4n) is 3.30. The Bertz CT molecular complexity index is 565. The monoisotopic (exact) mass is 257 g/mol. The lowest BCUT2D eigenvalue weighted by atomic mass is 9.89. The molecule has 3 heteroatoms. The molecule has 1 aliphatic carbocycles. The molecule has 0 saturated heterocycles. The number of fused-ring (bicyclic) bond motifs is 1. The molecule has 1 saturated carbocycles. The molecule has 1 aromatic carbocycles. The molecule has 3 rings (SSSR count). The zero-order chi connectivity index (χ0) is 13.2. The van der Waals surface area contributed by atoms with Gasteiger partial charge in [0.05, 0.1) is 11.0 Å². The first-order valence-corrected chi connectivity index (χ1v) is 7.45. The van der Waals surface area contributed by atoms with E-state index in [9.17, 15) is 0 Å². The largest absolute Gasteiger partial charge is 0.331 e. The Balaban J connectivity index is 1.99. The van der Waals surface area contributed by atoms with Crippen LogP contribution < -0.4 is 5.73 Å². The topological polar surface area (TPSA) is 43.8 Å². The van der Waals surface area contributed by atoms with Gasteiger partial charge < -0.3 is 10.3 Å². The summed E-state index contributed by atoms with van der Waals surface area (Å²) in [6.07, 6.45) is 7.64. The van der Waals surface area contributed by atoms with Crippen molar-refractivity contribution in [2.45, 2.75) is 44.4 Å². The third-order valence-corrected chi connectivity index (χ3v) is 4.38. The minimum Gasteiger partial charge on any atom is -0.331 e. The predicted octanol–water partition coefficient (Wildman–Crippen LogP) is 3.12. The van der Waals surface area contributed by atoms with E-state index in [0.29, 0.717) is 12.5 Å². The zero-order valence-electron chi connectivity index (χ0n) is 11.7. The van der Waals surface area contributed by atoms with E-state index in [4.69, 9.17) is 10.7 Å². The van der Waals surface area contributed by atoms with Crippen molar-refractivity contribution in [3.63, 3.8) is 0 Å². The number of aromatic nitrogens is 2. The van der Waals surface area contributed by atoms with Gasteiger partial charge in [0.15, 0.2) is 0 Å². The van der Waals surface area contributed by atoms with Gasteiger partial charge in [-0.05, 0) is 43.5 Å². The first-order chi connectivity index (χ1) is 9.29. The highest BCUT2D eigenvalue weighted by molar-refractivity contribution is 5.77. The van der Waals surface area contributed by atoms with E-state index in [1.807, 2.05) is 0 Å². The summed E-state index contributed by atoms with van der Waals surface area (Å²) in [5.41, 5.74) is 9.34. The summed E-state index contributed by atoms with van der Waals surface area (Å²) in [6.45, 7) is 0.707. The van der Waals surface area contributed by atoms with Gasteiger partial charge in [0.2, 0.25) is 0 Å². The van der Waals surface area contributed by atoms with Crippen LogP contribution >= 0.6 is 0 Å². The highest BCUT2D eigenvalue weighted by Gasteiger charge is 2.21. The molecule has 19 heavy (non-hydrogen) atoms. The number of hydrogen-bond acceptors (Lipinski definition) is 2. The lowest BCUT2D eigenvalue weighted by molar-refractivity contribution is 0.423. The zero-order valence-corrected chi connectivity index (χ0v) is 11.7. The van der Waals surface area contributed by atoms with E-state index in [-0.39, 0.29) is 0 Å². The van der Waals surface area contributed by atoms with Crippen LogP contribution in [0.4, 0.5) is 0 Å². The van der Waals surface area contributed by atoms with Crippen molar-refractivity contribution in [3.05, 3.63) is 29.6 Å². The molecular formula is C16H23N3. The molecule has 0 unspecified atom stereocenters. The normalized spacial score (nSPS) is 17.2. The second-order valence-corrected chi connectivity index (χ2v) is 5.73. The van der Waals surface area contributed by atoms with Crippen LogP contribution in [0.5, 0.6) is 0 Å². The SMILES string of the molecule is Cn1c(C2CCCCC2)nc2ccc(CCN)cc21. The maximum atomic E-state index is 5.64. The van der Waals surface area contributed by atoms with Crippen molar-refractivity contribution in [1.29, 1.82) is 0 Å². The minimum absolute atomic E-state index is 0.657. The molecule has 0 radical (unpaired) electrons. The Hall–Kier alpha value is -1.35. The number of nitrogens with zero attached hydrogens (tertiary/aromatic N) is 2. The highest BCUT2D eigenvalue weighted by atomic mass is 15.1. The van der Waals surface area contributed by atoms with Gasteiger partial charge in [-0.3, -0.25) is 0 Å². The summed E-state index contributed by atoms with van der Waals surface area (Å²) in [6, 6.07) is 6.56. The Labute approximate surface area is 114 Å². The molecule has 1 heterocycles. The van der Waals surface area contributed by atoms with Crippen molar-refractivity contribution in [3.8, 4) is 0 Å². The maximum Gasteiger partial charge on any atom is 0.112 e. The molecule has 0 spiro atoms. The lowest BCUT2D eigenvalue weighted by Crippen LogP contribution is -2.10. The van der Waals surface area contributed by atoms with Gasteiger partial charge in [-0.15, -0.1) is 0 Å². The minimum atomic E-state index is 0.657. The van der Waals surface area contributed by atoms with Crippen molar-refractivity contribution >= 4 is 11.0 Å². The summed E-state index contributed by atoms with van der Waals surface area (Å²) in [5, 5.41) is 0. The van der Waals surface area contributed by atoms with Gasteiger partial charge in [0.1, 0.15) is 5.82 Å². The van der Waals surface area contributed by atoms with E-state index >= 15 is 0 Å². The molecule has 0 bridgehead atoms. The standard InChI is InChI=1S/C16H23N3/c1-19-15-11-12(9-10-17)7-8-14(15)18-16(19)13-5-3-2-4-6-13/h7-8,11,13H,2-6,9-10,17H2,1H3. The molecule has 0 amide bonds. The molecular weight excluding hydrogens is 234 g/mol. The quantitative estimate of drug-likeness (QED) is 0.918. The average molecular weight is 257 g/mol. The third-order valence-electron chi connectivity index (χ3n) is 4.38. The number of imidazole rings is 1. The number of aryl methyl sites for hydroxylation is 1. The van der Waals surface area contributed by atoms with Crippen LogP contribution in [-0.4, -0.2) is 16.1 Å². The number of benzene rings is 1. The first-order valence-electron chi connectivity index (χ1n) is 7.45. The number of hydrogen-bond donors (Lipinski definition) is 1. The van der Waals surface area contributed by atoms with Gasteiger partial charge in [-0.2, -0.15) is 0 Å². The van der Waals surface area contributed by atoms with Crippen LogP contribution in [0.1, 0.15) is 49.4 Å². The Morgan fingerprint density at radius 3 is 2.79 bits per heavy atom. The molecule has 2 aromatic rings. The van der Waals surface area contributed by atoms with Crippen LogP contribution in [-0.2, 0) is 13.5 Å². The summed E-state index contributed by atoms with van der Waals surface area (Å²) in [4.78, 5) is 4.87. The van der Waals surface area contributed by atoms with Gasteiger partial charge in [-0.25, -0.2) is 4.98 Å². The average Bonchev–Trinajstić information content (AvgIpc) is 2.78. The van der Waals surface area contributed by atoms with Gasteiger partial charge in [0, 0.05) is 13.0 Å². The van der Waals surface area contributed by atoms with Crippen LogP contribution in [0.3, 0.4) is 0 Å². The third kappa shape index (κ3) is 2.39. The molecule has 0 atom stereocenters. The van der Waals surface area contributed by atoms with E-state index in [0.717, 1.165) is 11.9 Å². The van der Waals surface area contributed by atoms with E-state index in [2.05, 4.69) is 29.8 Å². The molecule has 3 nitrogen and oxygen atoms in total. The van der Waals surface area contributed by atoms with Crippen molar-refractivity contribution in [2.75, 3.05) is 6.54 Å². The second-order valence-electron chi connectivity index (χ2n) is 5.73. The van der Waals surface area contributed by atoms with Gasteiger partial charge in [-0.1, -0.05) is 25.3 Å². The van der Waals surface area contributed by atoms with E-state index in [1.165, 1.54) is 49.0 Å². The molecule has 1 aliphatic rings. The fraction of sp³-hybridized carbons (Fsp3) is 0.562. The van der Waals surface area contributed by atoms with Crippen LogP contribution in [0.25, 0.3) is 11.0 Å². The van der Waals surface area contributed by atoms with Crippen LogP contribution in [0, 0.1) is 0 Å². The molecule has 102 valence electrons. The molecule has 1 aromatic heterocycles. The number of rotatable bonds is 3. The smallest absolute Gasteiger partial charge is 0.112 e. The molecule has 1 fully saturated rings. The van der Waals surface area contributed by atoms with Crippen molar-refractivity contribution in [1.82, 2.24) is 9.55 Å². The van der Waals surface area contributed by atoms with Crippen molar-refractivity contribution < 1.29 is 0 Å². The lowest BCUT2D eigenvalue weighted by Gasteiger charge is -2.21. The fourth-order valence-corrected chi connectivity index (χ4v) is 3.30. The Morgan fingerprint density at radius 1 is 1.26 bits per heavy atom. The summed E-state index contributed by atoms with van der Waals surface area (Å²) >= 11 is 0. The first kappa shape index (κ1) is 12.7. The Kier molecular flexibility index (Phi) is 3.56. The van der Waals surface area contributed by atoms with Gasteiger partial charge >= 0.3 is 0 Å². The van der Waals surface area contributed by atoms with Crippen LogP contribution in [0.2, 0.25) is 0 Å². The van der Waals surface area contributed by atoms with E-state index in [1.54, 1.807) is 0 Å². The predicted molar refractivity (Wildman–Crippen MR) is 79.3 cm³/mol. The second kappa shape index (κ2) is 5.33. The number of nitrogens with two attached hydrogens (primary N) is 1. The maximum absolute atomic E-state index is 5.64. The van der Waals surface area contributed by atoms with Crippen LogP contribution in [0.15, 0.2) is 18.2 Å². The molecule has 2 N–H and O–H groups in total. The highest BCUT2D eigenvalue weighted by Crippen LogP contribution is 2.33. The van der Waals surface area contributed by atoms with E-state index < -0.39 is 0 Å². The summed E-state index contributed by atoms with van der Waals surface area (Å²) in [7, 11) is 2.16. The van der Waals surface area contributed by atoms with Crippen molar-refractivity contribution in [2.24, 2.45) is 12.8 Å². The summed E-state index contributed by atoms with van der Waals surface area (Å²) in [5.74, 6) is 1.93.